The van der Waals surface area contributed by atoms with Crippen LogP contribution in [-0.4, -0.2) is 36.3 Å². The number of amides is 3. The number of benzene rings is 1. The number of imide groups is 1. The van der Waals surface area contributed by atoms with Crippen LogP contribution in [0.4, 0.5) is 4.79 Å². The summed E-state index contributed by atoms with van der Waals surface area (Å²) < 4.78 is 5.21. The monoisotopic (exact) mass is 290 g/mol. The number of hydrogen-bond donors (Lipinski definition) is 1. The number of nitrogens with zero attached hydrogens (tertiary/aromatic N) is 1. The molecule has 3 amide bonds. The topological polar surface area (TPSA) is 75.7 Å². The van der Waals surface area contributed by atoms with Gasteiger partial charge >= 0.3 is 6.03 Å². The number of ether oxygens (including phenoxy) is 1. The molecule has 6 heteroatoms. The summed E-state index contributed by atoms with van der Waals surface area (Å²) in [6.07, 6.45) is 2.15. The van der Waals surface area contributed by atoms with Crippen molar-refractivity contribution in [2.75, 3.05) is 7.11 Å². The van der Waals surface area contributed by atoms with Crippen LogP contribution in [0.25, 0.3) is 0 Å². The summed E-state index contributed by atoms with van der Waals surface area (Å²) in [5, 5.41) is 2.67. The highest BCUT2D eigenvalue weighted by atomic mass is 16.5. The van der Waals surface area contributed by atoms with Crippen LogP contribution in [0.2, 0.25) is 0 Å². The summed E-state index contributed by atoms with van der Waals surface area (Å²) in [7, 11) is 1.51. The number of aldehydes is 1. The van der Waals surface area contributed by atoms with E-state index in [-0.39, 0.29) is 12.5 Å². The van der Waals surface area contributed by atoms with Crippen LogP contribution in [-0.2, 0) is 11.3 Å². The molecule has 1 aliphatic heterocycles. The predicted octanol–water partition coefficient (Wildman–Crippen LogP) is 1.73. The van der Waals surface area contributed by atoms with Gasteiger partial charge in [0.25, 0.3) is 5.91 Å². The fourth-order valence-corrected chi connectivity index (χ4v) is 2.38. The second-order valence-electron chi connectivity index (χ2n) is 4.90. The minimum absolute atomic E-state index is 0.0930. The van der Waals surface area contributed by atoms with Crippen molar-refractivity contribution in [1.29, 1.82) is 0 Å². The zero-order valence-corrected chi connectivity index (χ0v) is 12.1. The van der Waals surface area contributed by atoms with Crippen molar-refractivity contribution in [2.24, 2.45) is 0 Å². The lowest BCUT2D eigenvalue weighted by Gasteiger charge is -2.15. The van der Waals surface area contributed by atoms with Crippen LogP contribution in [0.1, 0.15) is 35.7 Å². The van der Waals surface area contributed by atoms with Gasteiger partial charge in [0.15, 0.2) is 0 Å². The molecule has 1 unspecified atom stereocenters. The molecule has 6 nitrogen and oxygen atoms in total. The summed E-state index contributed by atoms with van der Waals surface area (Å²) in [5.41, 5.74) is 1.10. The van der Waals surface area contributed by atoms with Gasteiger partial charge in [0.2, 0.25) is 0 Å². The Morgan fingerprint density at radius 2 is 2.14 bits per heavy atom. The van der Waals surface area contributed by atoms with Gasteiger partial charge in [0.1, 0.15) is 18.1 Å². The minimum Gasteiger partial charge on any atom is -0.496 e. The van der Waals surface area contributed by atoms with Crippen molar-refractivity contribution in [3.05, 3.63) is 29.3 Å². The predicted molar refractivity (Wildman–Crippen MR) is 76.2 cm³/mol. The lowest BCUT2D eigenvalue weighted by Crippen LogP contribution is -2.31. The number of carbonyl (C=O) groups is 3. The molecule has 1 aliphatic rings. The second-order valence-corrected chi connectivity index (χ2v) is 4.90. The number of urea groups is 1. The number of carbonyl (C=O) groups excluding carboxylic acids is 3. The number of methoxy groups -OCH3 is 1. The van der Waals surface area contributed by atoms with Crippen molar-refractivity contribution in [2.45, 2.75) is 32.4 Å². The van der Waals surface area contributed by atoms with E-state index >= 15 is 0 Å². The summed E-state index contributed by atoms with van der Waals surface area (Å²) in [6, 6.07) is 4.04. The van der Waals surface area contributed by atoms with E-state index in [2.05, 4.69) is 5.32 Å². The Hall–Kier alpha value is -2.37. The molecule has 0 saturated carbocycles. The quantitative estimate of drug-likeness (QED) is 0.639. The highest BCUT2D eigenvalue weighted by molar-refractivity contribution is 6.04. The standard InChI is InChI=1S/C15H18N2O4/c1-3-4-12-14(19)17(15(20)16-12)8-11-7-10(9-18)5-6-13(11)21-2/h5-7,9,12H,3-4,8H2,1-2H3,(H,16,20). The molecule has 112 valence electrons. The largest absolute Gasteiger partial charge is 0.496 e. The third kappa shape index (κ3) is 3.04. The van der Waals surface area contributed by atoms with Crippen LogP contribution < -0.4 is 10.1 Å². The summed E-state index contributed by atoms with van der Waals surface area (Å²) in [5.74, 6) is 0.306. The third-order valence-corrected chi connectivity index (χ3v) is 3.45. The first-order valence-corrected chi connectivity index (χ1v) is 6.84. The summed E-state index contributed by atoms with van der Waals surface area (Å²) in [6.45, 7) is 2.05. The lowest BCUT2D eigenvalue weighted by molar-refractivity contribution is -0.128. The normalized spacial score (nSPS) is 17.8. The van der Waals surface area contributed by atoms with E-state index in [1.807, 2.05) is 6.92 Å². The van der Waals surface area contributed by atoms with Crippen LogP contribution in [0, 0.1) is 0 Å². The molecule has 1 heterocycles. The molecular weight excluding hydrogens is 272 g/mol. The van der Waals surface area contributed by atoms with E-state index in [0.29, 0.717) is 29.6 Å². The van der Waals surface area contributed by atoms with Gasteiger partial charge in [-0.2, -0.15) is 0 Å². The van der Waals surface area contributed by atoms with E-state index in [4.69, 9.17) is 4.74 Å². The smallest absolute Gasteiger partial charge is 0.325 e. The summed E-state index contributed by atoms with van der Waals surface area (Å²) in [4.78, 5) is 36.1. The van der Waals surface area contributed by atoms with Crippen LogP contribution in [0.5, 0.6) is 5.75 Å². The van der Waals surface area contributed by atoms with Crippen LogP contribution in [0.15, 0.2) is 18.2 Å². The zero-order valence-electron chi connectivity index (χ0n) is 12.1. The highest BCUT2D eigenvalue weighted by Crippen LogP contribution is 2.23. The van der Waals surface area contributed by atoms with Gasteiger partial charge < -0.3 is 10.1 Å². The Kier molecular flexibility index (Phi) is 4.57. The van der Waals surface area contributed by atoms with Crippen molar-refractivity contribution in [3.8, 4) is 5.75 Å². The molecule has 1 fully saturated rings. The van der Waals surface area contributed by atoms with Gasteiger partial charge in [-0.05, 0) is 24.6 Å². The van der Waals surface area contributed by atoms with Crippen molar-refractivity contribution in [3.63, 3.8) is 0 Å². The van der Waals surface area contributed by atoms with Gasteiger partial charge in [-0.1, -0.05) is 13.3 Å². The van der Waals surface area contributed by atoms with E-state index in [1.54, 1.807) is 18.2 Å². The average molecular weight is 290 g/mol. The van der Waals surface area contributed by atoms with Crippen molar-refractivity contribution >= 4 is 18.2 Å². The number of nitrogens with one attached hydrogen (secondary N) is 1. The molecule has 2 rings (SSSR count). The molecule has 1 saturated heterocycles. The first kappa shape index (κ1) is 15.0. The fraction of sp³-hybridized carbons (Fsp3) is 0.400. The van der Waals surface area contributed by atoms with E-state index < -0.39 is 12.1 Å². The Morgan fingerprint density at radius 3 is 2.76 bits per heavy atom. The second kappa shape index (κ2) is 6.39. The van der Waals surface area contributed by atoms with Gasteiger partial charge in [0.05, 0.1) is 13.7 Å². The molecule has 0 aromatic heterocycles. The van der Waals surface area contributed by atoms with Crippen LogP contribution >= 0.6 is 0 Å². The van der Waals surface area contributed by atoms with Gasteiger partial charge in [-0.3, -0.25) is 14.5 Å². The van der Waals surface area contributed by atoms with Crippen LogP contribution in [0.3, 0.4) is 0 Å². The van der Waals surface area contributed by atoms with E-state index in [1.165, 1.54) is 7.11 Å². The first-order valence-electron chi connectivity index (χ1n) is 6.84. The molecule has 1 atom stereocenters. The van der Waals surface area contributed by atoms with Gasteiger partial charge in [0, 0.05) is 11.1 Å². The minimum atomic E-state index is -0.456. The lowest BCUT2D eigenvalue weighted by atomic mass is 10.1. The maximum atomic E-state index is 12.2. The van der Waals surface area contributed by atoms with Gasteiger partial charge in [-0.25, -0.2) is 4.79 Å². The van der Waals surface area contributed by atoms with Gasteiger partial charge in [-0.15, -0.1) is 0 Å². The highest BCUT2D eigenvalue weighted by Gasteiger charge is 2.37. The summed E-state index contributed by atoms with van der Waals surface area (Å²) >= 11 is 0. The molecular formula is C15H18N2O4. The molecule has 0 radical (unpaired) electrons. The zero-order chi connectivity index (χ0) is 15.4. The molecule has 1 aromatic rings. The number of rotatable bonds is 6. The Labute approximate surface area is 123 Å². The van der Waals surface area contributed by atoms with E-state index in [9.17, 15) is 14.4 Å². The van der Waals surface area contributed by atoms with Crippen molar-refractivity contribution in [1.82, 2.24) is 10.2 Å². The molecule has 0 bridgehead atoms. The molecule has 0 aliphatic carbocycles. The van der Waals surface area contributed by atoms with E-state index in [0.717, 1.165) is 11.3 Å². The molecule has 1 N–H and O–H groups in total. The molecule has 0 spiro atoms. The average Bonchev–Trinajstić information content (AvgIpc) is 2.75. The SMILES string of the molecule is CCCC1NC(=O)N(Cc2cc(C=O)ccc2OC)C1=O. The van der Waals surface area contributed by atoms with Crippen molar-refractivity contribution < 1.29 is 19.1 Å². The first-order chi connectivity index (χ1) is 10.1. The maximum Gasteiger partial charge on any atom is 0.325 e. The third-order valence-electron chi connectivity index (χ3n) is 3.45. The molecule has 21 heavy (non-hydrogen) atoms. The number of hydrogen-bond acceptors (Lipinski definition) is 4. The fourth-order valence-electron chi connectivity index (χ4n) is 2.38. The molecule has 1 aromatic carbocycles. The maximum absolute atomic E-state index is 12.2. The Balaban J connectivity index is 2.23. The Morgan fingerprint density at radius 1 is 1.38 bits per heavy atom. The Bertz CT molecular complexity index is 571.